The van der Waals surface area contributed by atoms with Crippen molar-refractivity contribution in [3.8, 4) is 5.75 Å². The number of carbonyl (C=O) groups is 1. The second kappa shape index (κ2) is 7.60. The summed E-state index contributed by atoms with van der Waals surface area (Å²) in [6.07, 6.45) is 0.785. The van der Waals surface area contributed by atoms with Crippen molar-refractivity contribution in [1.29, 1.82) is 0 Å². The Bertz CT molecular complexity index is 717. The molecule has 0 atom stereocenters. The van der Waals surface area contributed by atoms with Gasteiger partial charge in [0.25, 0.3) is 5.69 Å². The minimum absolute atomic E-state index is 0.125. The molecule has 0 aliphatic rings. The number of nitrogens with one attached hydrogen (secondary N) is 1. The van der Waals surface area contributed by atoms with Gasteiger partial charge in [0, 0.05) is 18.6 Å². The number of amides is 1. The number of aryl methyl sites for hydroxylation is 1. The lowest BCUT2D eigenvalue weighted by atomic mass is 10.1. The van der Waals surface area contributed by atoms with Crippen molar-refractivity contribution in [1.82, 2.24) is 0 Å². The van der Waals surface area contributed by atoms with Gasteiger partial charge in [-0.25, -0.2) is 0 Å². The highest BCUT2D eigenvalue weighted by molar-refractivity contribution is 6.33. The number of anilines is 1. The molecule has 0 aliphatic heterocycles. The fourth-order valence-corrected chi connectivity index (χ4v) is 2.15. The largest absolute Gasteiger partial charge is 0.497 e. The first-order valence-electron chi connectivity index (χ1n) is 6.86. The van der Waals surface area contributed by atoms with Gasteiger partial charge in [0.2, 0.25) is 5.91 Å². The molecule has 0 spiro atoms. The van der Waals surface area contributed by atoms with Crippen LogP contribution >= 0.6 is 11.6 Å². The molecule has 0 aliphatic carbocycles. The minimum atomic E-state index is -0.538. The number of hydrogen-bond donors (Lipinski definition) is 1. The molecule has 0 heterocycles. The van der Waals surface area contributed by atoms with E-state index in [1.165, 1.54) is 18.2 Å². The van der Waals surface area contributed by atoms with Crippen LogP contribution in [0.4, 0.5) is 11.4 Å². The maximum Gasteiger partial charge on any atom is 0.271 e. The van der Waals surface area contributed by atoms with Gasteiger partial charge in [0.05, 0.1) is 22.7 Å². The van der Waals surface area contributed by atoms with Gasteiger partial charge in [-0.2, -0.15) is 0 Å². The lowest BCUT2D eigenvalue weighted by Crippen LogP contribution is -2.12. The smallest absolute Gasteiger partial charge is 0.271 e. The Balaban J connectivity index is 1.96. The van der Waals surface area contributed by atoms with Gasteiger partial charge in [-0.3, -0.25) is 14.9 Å². The number of carbonyl (C=O) groups excluding carboxylic acids is 1. The number of halogens is 1. The highest BCUT2D eigenvalue weighted by atomic mass is 35.5. The van der Waals surface area contributed by atoms with Crippen molar-refractivity contribution in [2.45, 2.75) is 12.8 Å². The summed E-state index contributed by atoms with van der Waals surface area (Å²) in [6.45, 7) is 0. The summed E-state index contributed by atoms with van der Waals surface area (Å²) >= 11 is 5.94. The number of benzene rings is 2. The summed E-state index contributed by atoms with van der Waals surface area (Å²) in [6, 6.07) is 11.3. The van der Waals surface area contributed by atoms with Gasteiger partial charge in [0.15, 0.2) is 0 Å². The van der Waals surface area contributed by atoms with Crippen molar-refractivity contribution in [2.75, 3.05) is 12.4 Å². The minimum Gasteiger partial charge on any atom is -0.497 e. The van der Waals surface area contributed by atoms with Gasteiger partial charge in [-0.1, -0.05) is 23.7 Å². The van der Waals surface area contributed by atoms with E-state index in [0.717, 1.165) is 11.3 Å². The SMILES string of the molecule is COc1ccc(CCC(=O)Nc2cc([N+](=O)[O-])ccc2Cl)cc1. The van der Waals surface area contributed by atoms with Crippen LogP contribution in [-0.4, -0.2) is 17.9 Å². The van der Waals surface area contributed by atoms with Crippen LogP contribution in [0.2, 0.25) is 5.02 Å². The van der Waals surface area contributed by atoms with Gasteiger partial charge in [-0.05, 0) is 30.2 Å². The van der Waals surface area contributed by atoms with Crippen molar-refractivity contribution < 1.29 is 14.5 Å². The molecule has 2 aromatic rings. The molecule has 6 nitrogen and oxygen atoms in total. The van der Waals surface area contributed by atoms with Gasteiger partial charge in [0.1, 0.15) is 5.75 Å². The normalized spacial score (nSPS) is 10.2. The Hall–Kier alpha value is -2.60. The van der Waals surface area contributed by atoms with E-state index in [4.69, 9.17) is 16.3 Å². The molecule has 0 saturated heterocycles. The van der Waals surface area contributed by atoms with Crippen molar-refractivity contribution >= 4 is 28.9 Å². The Morgan fingerprint density at radius 2 is 1.96 bits per heavy atom. The van der Waals surface area contributed by atoms with Gasteiger partial charge in [-0.15, -0.1) is 0 Å². The third-order valence-corrected chi connectivity index (χ3v) is 3.56. The summed E-state index contributed by atoms with van der Waals surface area (Å²) in [5, 5.41) is 13.6. The Morgan fingerprint density at radius 3 is 2.57 bits per heavy atom. The topological polar surface area (TPSA) is 81.5 Å². The van der Waals surface area contributed by atoms with Crippen LogP contribution in [0.1, 0.15) is 12.0 Å². The first kappa shape index (κ1) is 16.8. The van der Waals surface area contributed by atoms with E-state index in [1.54, 1.807) is 7.11 Å². The van der Waals surface area contributed by atoms with E-state index < -0.39 is 4.92 Å². The zero-order valence-electron chi connectivity index (χ0n) is 12.4. The van der Waals surface area contributed by atoms with Gasteiger partial charge >= 0.3 is 0 Å². The maximum absolute atomic E-state index is 12.0. The van der Waals surface area contributed by atoms with Crippen molar-refractivity contribution in [2.24, 2.45) is 0 Å². The first-order chi connectivity index (χ1) is 11.0. The summed E-state index contributed by atoms with van der Waals surface area (Å²) in [4.78, 5) is 22.2. The van der Waals surface area contributed by atoms with Crippen LogP contribution in [-0.2, 0) is 11.2 Å². The Morgan fingerprint density at radius 1 is 1.26 bits per heavy atom. The van der Waals surface area contributed by atoms with Crippen molar-refractivity contribution in [3.05, 3.63) is 63.2 Å². The third-order valence-electron chi connectivity index (χ3n) is 3.23. The van der Waals surface area contributed by atoms with Crippen LogP contribution in [0, 0.1) is 10.1 Å². The second-order valence-corrected chi connectivity index (χ2v) is 5.22. The number of ether oxygens (including phenoxy) is 1. The highest BCUT2D eigenvalue weighted by Crippen LogP contribution is 2.26. The zero-order chi connectivity index (χ0) is 16.8. The molecule has 1 amide bonds. The number of nitro groups is 1. The number of methoxy groups -OCH3 is 1. The molecular formula is C16H15ClN2O4. The van der Waals surface area contributed by atoms with Crippen LogP contribution < -0.4 is 10.1 Å². The zero-order valence-corrected chi connectivity index (χ0v) is 13.2. The fourth-order valence-electron chi connectivity index (χ4n) is 1.99. The summed E-state index contributed by atoms with van der Waals surface area (Å²) in [5.74, 6) is 0.491. The molecule has 23 heavy (non-hydrogen) atoms. The van der Waals surface area contributed by atoms with E-state index >= 15 is 0 Å². The molecule has 0 saturated carbocycles. The van der Waals surface area contributed by atoms with Crippen LogP contribution in [0.3, 0.4) is 0 Å². The summed E-state index contributed by atoms with van der Waals surface area (Å²) in [7, 11) is 1.59. The monoisotopic (exact) mass is 334 g/mol. The number of rotatable bonds is 6. The fraction of sp³-hybridized carbons (Fsp3) is 0.188. The quantitative estimate of drug-likeness (QED) is 0.643. The molecule has 2 rings (SSSR count). The van der Waals surface area contributed by atoms with E-state index in [0.29, 0.717) is 6.42 Å². The average Bonchev–Trinajstić information content (AvgIpc) is 2.55. The Kier molecular flexibility index (Phi) is 5.54. The van der Waals surface area contributed by atoms with E-state index in [1.807, 2.05) is 24.3 Å². The molecule has 7 heteroatoms. The van der Waals surface area contributed by atoms with E-state index in [9.17, 15) is 14.9 Å². The molecule has 0 bridgehead atoms. The summed E-state index contributed by atoms with van der Waals surface area (Å²) < 4.78 is 5.07. The molecule has 0 unspecified atom stereocenters. The molecule has 2 aromatic carbocycles. The predicted molar refractivity (Wildman–Crippen MR) is 88.1 cm³/mol. The van der Waals surface area contributed by atoms with E-state index in [2.05, 4.69) is 5.32 Å². The predicted octanol–water partition coefficient (Wildman–Crippen LogP) is 3.83. The summed E-state index contributed by atoms with van der Waals surface area (Å²) in [5.41, 5.74) is 1.10. The first-order valence-corrected chi connectivity index (χ1v) is 7.24. The lowest BCUT2D eigenvalue weighted by molar-refractivity contribution is -0.384. The molecule has 0 radical (unpaired) electrons. The lowest BCUT2D eigenvalue weighted by Gasteiger charge is -2.07. The number of non-ortho nitro benzene ring substituents is 1. The van der Waals surface area contributed by atoms with Crippen LogP contribution in [0.5, 0.6) is 5.75 Å². The van der Waals surface area contributed by atoms with Crippen LogP contribution in [0.25, 0.3) is 0 Å². The number of nitrogens with zero attached hydrogens (tertiary/aromatic N) is 1. The maximum atomic E-state index is 12.0. The van der Waals surface area contributed by atoms with Crippen molar-refractivity contribution in [3.63, 3.8) is 0 Å². The molecular weight excluding hydrogens is 320 g/mol. The number of hydrogen-bond acceptors (Lipinski definition) is 4. The van der Waals surface area contributed by atoms with E-state index in [-0.39, 0.29) is 28.7 Å². The molecule has 0 aromatic heterocycles. The molecule has 0 fully saturated rings. The molecule has 120 valence electrons. The second-order valence-electron chi connectivity index (χ2n) is 4.82. The van der Waals surface area contributed by atoms with Crippen LogP contribution in [0.15, 0.2) is 42.5 Å². The average molecular weight is 335 g/mol. The third kappa shape index (κ3) is 4.69. The molecule has 1 N–H and O–H groups in total. The Labute approximate surface area is 138 Å². The highest BCUT2D eigenvalue weighted by Gasteiger charge is 2.12. The standard InChI is InChI=1S/C16H15ClN2O4/c1-23-13-6-2-11(3-7-13)4-9-16(20)18-15-10-12(19(21)22)5-8-14(15)17/h2-3,5-8,10H,4,9H2,1H3,(H,18,20). The number of nitro benzene ring substituents is 1. The van der Waals surface area contributed by atoms with Gasteiger partial charge < -0.3 is 10.1 Å².